The maximum atomic E-state index is 12.4. The number of hydrogen-bond donors (Lipinski definition) is 2. The molecule has 2 N–H and O–H groups in total. The van der Waals surface area contributed by atoms with Crippen LogP contribution < -0.4 is 5.32 Å². The maximum absolute atomic E-state index is 12.4. The second-order valence-corrected chi connectivity index (χ2v) is 6.38. The van der Waals surface area contributed by atoms with Crippen LogP contribution in [0.2, 0.25) is 0 Å². The van der Waals surface area contributed by atoms with Gasteiger partial charge in [-0.3, -0.25) is 19.4 Å². The van der Waals surface area contributed by atoms with Gasteiger partial charge in [0.05, 0.1) is 17.5 Å². The molecule has 0 radical (unpaired) electrons. The van der Waals surface area contributed by atoms with Gasteiger partial charge in [-0.05, 0) is 18.9 Å². The van der Waals surface area contributed by atoms with Gasteiger partial charge in [0.2, 0.25) is 5.91 Å². The van der Waals surface area contributed by atoms with Gasteiger partial charge >= 0.3 is 0 Å². The largest absolute Gasteiger partial charge is 0.355 e. The Morgan fingerprint density at radius 2 is 2.12 bits per heavy atom. The summed E-state index contributed by atoms with van der Waals surface area (Å²) in [7, 11) is 1.61. The predicted octanol–water partition coefficient (Wildman–Crippen LogP) is 0.546. The van der Waals surface area contributed by atoms with E-state index < -0.39 is 0 Å². The lowest BCUT2D eigenvalue weighted by molar-refractivity contribution is -0.133. The Morgan fingerprint density at radius 3 is 2.75 bits per heavy atom. The first-order chi connectivity index (χ1) is 11.5. The Hall–Kier alpha value is -2.64. The lowest BCUT2D eigenvalue weighted by Gasteiger charge is -2.39. The number of hydrogen-bond acceptors (Lipinski definition) is 4. The van der Waals surface area contributed by atoms with Gasteiger partial charge < -0.3 is 10.2 Å². The molecule has 1 aliphatic heterocycles. The van der Waals surface area contributed by atoms with Gasteiger partial charge in [-0.1, -0.05) is 6.92 Å². The molecule has 0 atom stereocenters. The third kappa shape index (κ3) is 3.04. The summed E-state index contributed by atoms with van der Waals surface area (Å²) in [6.45, 7) is 3.69. The molecule has 0 spiro atoms. The minimum atomic E-state index is -0.194. The fourth-order valence-corrected chi connectivity index (χ4v) is 3.19. The minimum Gasteiger partial charge on any atom is -0.355 e. The molecule has 8 heteroatoms. The molecule has 2 aromatic rings. The van der Waals surface area contributed by atoms with Crippen LogP contribution in [0.1, 0.15) is 35.8 Å². The molecule has 1 aliphatic rings. The first kappa shape index (κ1) is 16.2. The number of nitrogens with zero attached hydrogens (tertiary/aromatic N) is 4. The molecule has 2 amide bonds. The third-order valence-electron chi connectivity index (χ3n) is 4.79. The van der Waals surface area contributed by atoms with Crippen molar-refractivity contribution < 1.29 is 9.59 Å². The lowest BCUT2D eigenvalue weighted by atomic mass is 9.76. The average Bonchev–Trinajstić information content (AvgIpc) is 3.26. The van der Waals surface area contributed by atoms with Crippen LogP contribution in [0.3, 0.4) is 0 Å². The molecular weight excluding hydrogens is 308 g/mol. The molecule has 128 valence electrons. The average molecular weight is 330 g/mol. The van der Waals surface area contributed by atoms with E-state index >= 15 is 0 Å². The van der Waals surface area contributed by atoms with E-state index in [-0.39, 0.29) is 23.8 Å². The second-order valence-electron chi connectivity index (χ2n) is 6.38. The van der Waals surface area contributed by atoms with Crippen LogP contribution in [0.4, 0.5) is 0 Å². The quantitative estimate of drug-likeness (QED) is 0.855. The highest BCUT2D eigenvalue weighted by atomic mass is 16.2. The van der Waals surface area contributed by atoms with Crippen LogP contribution in [-0.4, -0.2) is 56.8 Å². The summed E-state index contributed by atoms with van der Waals surface area (Å²) in [5.41, 5.74) is 1.23. The number of aromatic nitrogens is 4. The van der Waals surface area contributed by atoms with Crippen molar-refractivity contribution in [2.75, 3.05) is 20.1 Å². The maximum Gasteiger partial charge on any atom is 0.254 e. The fraction of sp³-hybridized carbons (Fsp3) is 0.500. The van der Waals surface area contributed by atoms with Crippen LogP contribution in [-0.2, 0) is 16.8 Å². The van der Waals surface area contributed by atoms with E-state index in [2.05, 4.69) is 27.5 Å². The van der Waals surface area contributed by atoms with Crippen molar-refractivity contribution in [3.05, 3.63) is 35.9 Å². The normalized spacial score (nSPS) is 16.8. The molecule has 24 heavy (non-hydrogen) atoms. The van der Waals surface area contributed by atoms with Gasteiger partial charge in [-0.25, -0.2) is 0 Å². The van der Waals surface area contributed by atoms with Crippen molar-refractivity contribution in [3.63, 3.8) is 0 Å². The van der Waals surface area contributed by atoms with Gasteiger partial charge in [0.1, 0.15) is 6.54 Å². The molecule has 0 bridgehead atoms. The Kier molecular flexibility index (Phi) is 4.37. The second kappa shape index (κ2) is 6.46. The van der Waals surface area contributed by atoms with E-state index in [1.165, 1.54) is 0 Å². The van der Waals surface area contributed by atoms with E-state index in [4.69, 9.17) is 0 Å². The Labute approximate surface area is 140 Å². The molecule has 8 nitrogen and oxygen atoms in total. The smallest absolute Gasteiger partial charge is 0.254 e. The molecular formula is C16H22N6O2. The van der Waals surface area contributed by atoms with Crippen LogP contribution in [0.15, 0.2) is 24.7 Å². The Balaban J connectivity index is 1.66. The molecule has 0 aliphatic carbocycles. The monoisotopic (exact) mass is 330 g/mol. The molecule has 0 aromatic carbocycles. The van der Waals surface area contributed by atoms with Crippen molar-refractivity contribution in [1.82, 2.24) is 30.2 Å². The number of likely N-dealkylation sites (tertiary alicyclic amines) is 1. The molecule has 2 aromatic heterocycles. The SMILES string of the molecule is CNC(=O)c1cn[nH]c1C1(C)CCN(C(=O)Cn2cccn2)CC1. The number of amides is 2. The minimum absolute atomic E-state index is 0.0666. The molecule has 3 rings (SSSR count). The Morgan fingerprint density at radius 1 is 1.38 bits per heavy atom. The molecule has 0 unspecified atom stereocenters. The van der Waals surface area contributed by atoms with Gasteiger partial charge in [0.25, 0.3) is 5.91 Å². The molecule has 3 heterocycles. The van der Waals surface area contributed by atoms with Crippen molar-refractivity contribution >= 4 is 11.8 Å². The van der Waals surface area contributed by atoms with Gasteiger partial charge in [0, 0.05) is 37.9 Å². The predicted molar refractivity (Wildman–Crippen MR) is 87.4 cm³/mol. The number of H-pyrrole nitrogens is 1. The van der Waals surface area contributed by atoms with Crippen LogP contribution in [0, 0.1) is 0 Å². The molecule has 1 fully saturated rings. The number of carbonyl (C=O) groups is 2. The number of nitrogens with one attached hydrogen (secondary N) is 2. The van der Waals surface area contributed by atoms with Crippen LogP contribution >= 0.6 is 0 Å². The summed E-state index contributed by atoms with van der Waals surface area (Å²) < 4.78 is 1.63. The lowest BCUT2D eigenvalue weighted by Crippen LogP contribution is -2.45. The highest BCUT2D eigenvalue weighted by Crippen LogP contribution is 2.35. The first-order valence-electron chi connectivity index (χ1n) is 8.04. The van der Waals surface area contributed by atoms with E-state index in [0.29, 0.717) is 18.7 Å². The van der Waals surface area contributed by atoms with Gasteiger partial charge in [-0.2, -0.15) is 10.2 Å². The van der Waals surface area contributed by atoms with Crippen molar-refractivity contribution in [3.8, 4) is 0 Å². The number of carbonyl (C=O) groups excluding carboxylic acids is 2. The highest BCUT2D eigenvalue weighted by Gasteiger charge is 2.37. The highest BCUT2D eigenvalue weighted by molar-refractivity contribution is 5.95. The zero-order chi connectivity index (χ0) is 17.2. The van der Waals surface area contributed by atoms with Crippen LogP contribution in [0.25, 0.3) is 0 Å². The summed E-state index contributed by atoms with van der Waals surface area (Å²) in [6, 6.07) is 1.80. The van der Waals surface area contributed by atoms with Gasteiger partial charge in [-0.15, -0.1) is 0 Å². The van der Waals surface area contributed by atoms with Gasteiger partial charge in [0.15, 0.2) is 0 Å². The summed E-state index contributed by atoms with van der Waals surface area (Å²) in [6.07, 6.45) is 6.58. The zero-order valence-electron chi connectivity index (χ0n) is 14.0. The summed E-state index contributed by atoms with van der Waals surface area (Å²) in [5.74, 6) is -0.0750. The fourth-order valence-electron chi connectivity index (χ4n) is 3.19. The van der Waals surface area contributed by atoms with Crippen molar-refractivity contribution in [2.24, 2.45) is 0 Å². The Bertz CT molecular complexity index is 713. The van der Waals surface area contributed by atoms with E-state index in [9.17, 15) is 9.59 Å². The topological polar surface area (TPSA) is 95.9 Å². The van der Waals surface area contributed by atoms with Crippen molar-refractivity contribution in [1.29, 1.82) is 0 Å². The molecule has 0 saturated carbocycles. The zero-order valence-corrected chi connectivity index (χ0v) is 14.0. The molecule has 1 saturated heterocycles. The van der Waals surface area contributed by atoms with E-state index in [0.717, 1.165) is 18.5 Å². The third-order valence-corrected chi connectivity index (χ3v) is 4.79. The standard InChI is InChI=1S/C16H22N6O2/c1-16(14-12(10-18-20-14)15(24)17-2)4-8-21(9-5-16)13(23)11-22-7-3-6-19-22/h3,6-7,10H,4-5,8-9,11H2,1-2H3,(H,17,24)(H,18,20). The van der Waals surface area contributed by atoms with E-state index in [1.54, 1.807) is 36.4 Å². The van der Waals surface area contributed by atoms with E-state index in [1.807, 2.05) is 4.90 Å². The number of aromatic amines is 1. The summed E-state index contributed by atoms with van der Waals surface area (Å²) in [5, 5.41) is 13.7. The van der Waals surface area contributed by atoms with Crippen molar-refractivity contribution in [2.45, 2.75) is 31.7 Å². The first-order valence-corrected chi connectivity index (χ1v) is 8.04. The number of piperidine rings is 1. The van der Waals surface area contributed by atoms with Crippen LogP contribution in [0.5, 0.6) is 0 Å². The summed E-state index contributed by atoms with van der Waals surface area (Å²) in [4.78, 5) is 26.2. The summed E-state index contributed by atoms with van der Waals surface area (Å²) >= 11 is 0. The number of rotatable bonds is 4.